The van der Waals surface area contributed by atoms with Gasteiger partial charge >= 0.3 is 0 Å². The second kappa shape index (κ2) is 18.7. The first kappa shape index (κ1) is 43.9. The Morgan fingerprint density at radius 1 is 0.896 bits per heavy atom. The normalized spacial score (nSPS) is 18.3. The van der Waals surface area contributed by atoms with E-state index in [0.717, 1.165) is 127 Å². The van der Waals surface area contributed by atoms with Gasteiger partial charge in [0.25, 0.3) is 5.91 Å². The van der Waals surface area contributed by atoms with Crippen molar-refractivity contribution in [3.8, 4) is 40.0 Å². The van der Waals surface area contributed by atoms with Crippen LogP contribution in [0.15, 0.2) is 79.4 Å². The zero-order valence-electron chi connectivity index (χ0n) is 38.7. The highest BCUT2D eigenvalue weighted by Gasteiger charge is 2.40. The molecule has 0 radical (unpaired) electrons. The van der Waals surface area contributed by atoms with Crippen LogP contribution in [0, 0.1) is 11.8 Å². The van der Waals surface area contributed by atoms with Gasteiger partial charge < -0.3 is 24.4 Å². The number of nitrogens with zero attached hydrogens (tertiary/aromatic N) is 9. The molecule has 0 saturated carbocycles. The topological polar surface area (TPSA) is 146 Å². The number of rotatable bonds is 11. The Bertz CT molecular complexity index is 2930. The predicted molar refractivity (Wildman–Crippen MR) is 259 cm³/mol. The van der Waals surface area contributed by atoms with Crippen molar-refractivity contribution in [2.45, 2.75) is 64.1 Å². The van der Waals surface area contributed by atoms with E-state index < -0.39 is 11.9 Å². The number of piperidine rings is 2. The minimum Gasteiger partial charge on any atom is -0.494 e. The molecule has 3 aromatic heterocycles. The first-order valence-corrected chi connectivity index (χ1v) is 23.5. The number of benzene rings is 3. The molecule has 4 aliphatic rings. The van der Waals surface area contributed by atoms with Crippen molar-refractivity contribution in [3.63, 3.8) is 0 Å². The molecule has 10 rings (SSSR count). The highest BCUT2D eigenvalue weighted by atomic mass is 16.5. The zero-order chi connectivity index (χ0) is 46.2. The lowest BCUT2D eigenvalue weighted by molar-refractivity contribution is -0.136. The minimum absolute atomic E-state index is 0.173. The van der Waals surface area contributed by atoms with Crippen molar-refractivity contribution < 1.29 is 19.1 Å². The maximum absolute atomic E-state index is 13.2. The van der Waals surface area contributed by atoms with Crippen molar-refractivity contribution >= 4 is 45.9 Å². The third-order valence-corrected chi connectivity index (χ3v) is 14.1. The Balaban J connectivity index is 0.750. The van der Waals surface area contributed by atoms with Gasteiger partial charge in [-0.25, -0.2) is 9.97 Å². The molecule has 0 bridgehead atoms. The third-order valence-electron chi connectivity index (χ3n) is 14.1. The number of anilines is 3. The number of imide groups is 1. The van der Waals surface area contributed by atoms with Gasteiger partial charge in [0.2, 0.25) is 17.8 Å². The van der Waals surface area contributed by atoms with Gasteiger partial charge in [-0.15, -0.1) is 0 Å². The SMILES string of the molecule is CCc1cc(Nc2ncc(-c3cnn(C)c3)c(-c3cn(C)c4ccccc34)n2)c(OC)cc1N1CCC(N2CCN(CCC#Cc3cccc4c3CN(C3CCC(=O)NC3=O)C4=O)CC2)CC1. The Morgan fingerprint density at radius 3 is 2.48 bits per heavy atom. The standard InChI is InChI=1S/C52H57N11O4/c1-5-34-27-43(55-52-53-30-40(36-29-54-59(3)31-36)49(57-52)42-32-58(2)44-15-7-6-13-38(42)44)47(67-4)28-46(34)62-21-18-37(19-22-62)61-25-23-60(24-26-61)20-9-8-11-35-12-10-14-39-41(35)33-63(51(39)66)45-16-17-48(64)56-50(45)65/h6-7,10,12-15,27-32,37,45H,5,9,16-26,33H2,1-4H3,(H,53,55,57)(H,56,64,65). The number of ether oxygens (including phenoxy) is 1. The van der Waals surface area contributed by atoms with Gasteiger partial charge in [-0.1, -0.05) is 43.0 Å². The monoisotopic (exact) mass is 899 g/mol. The molecule has 6 aromatic rings. The Kier molecular flexibility index (Phi) is 12.2. The lowest BCUT2D eigenvalue weighted by Gasteiger charge is -2.43. The van der Waals surface area contributed by atoms with Crippen LogP contribution in [0.2, 0.25) is 0 Å². The summed E-state index contributed by atoms with van der Waals surface area (Å²) in [6.45, 7) is 9.53. The van der Waals surface area contributed by atoms with Gasteiger partial charge in [0, 0.05) is 154 Å². The highest BCUT2D eigenvalue weighted by Crippen LogP contribution is 2.40. The molecule has 0 aliphatic carbocycles. The Hall–Kier alpha value is -7.02. The quantitative estimate of drug-likeness (QED) is 0.114. The Labute approximate surface area is 391 Å². The van der Waals surface area contributed by atoms with Gasteiger partial charge in [0.15, 0.2) is 0 Å². The number of nitrogens with one attached hydrogen (secondary N) is 2. The van der Waals surface area contributed by atoms with Crippen molar-refractivity contribution in [3.05, 3.63) is 102 Å². The number of carbonyl (C=O) groups is 3. The number of amides is 3. The van der Waals surface area contributed by atoms with Gasteiger partial charge in [-0.2, -0.15) is 5.10 Å². The summed E-state index contributed by atoms with van der Waals surface area (Å²) in [6.07, 6.45) is 12.3. The average molecular weight is 900 g/mol. The summed E-state index contributed by atoms with van der Waals surface area (Å²) in [4.78, 5) is 56.7. The van der Waals surface area contributed by atoms with Crippen LogP contribution in [0.4, 0.5) is 17.3 Å². The van der Waals surface area contributed by atoms with E-state index in [4.69, 9.17) is 14.7 Å². The van der Waals surface area contributed by atoms with Crippen LogP contribution in [-0.2, 0) is 36.6 Å². The van der Waals surface area contributed by atoms with E-state index in [2.05, 4.69) is 103 Å². The second-order valence-corrected chi connectivity index (χ2v) is 18.1. The lowest BCUT2D eigenvalue weighted by Crippen LogP contribution is -2.53. The van der Waals surface area contributed by atoms with Crippen LogP contribution in [0.5, 0.6) is 5.75 Å². The van der Waals surface area contributed by atoms with Gasteiger partial charge in [0.05, 0.1) is 24.7 Å². The molecule has 344 valence electrons. The molecule has 1 unspecified atom stereocenters. The molecule has 3 aromatic carbocycles. The van der Waals surface area contributed by atoms with Gasteiger partial charge in [-0.05, 0) is 61.1 Å². The first-order chi connectivity index (χ1) is 32.6. The molecule has 67 heavy (non-hydrogen) atoms. The molecule has 3 saturated heterocycles. The number of hydrogen-bond donors (Lipinski definition) is 2. The molecule has 3 amide bonds. The number of aryl methyl sites for hydroxylation is 3. The number of aromatic nitrogens is 5. The van der Waals surface area contributed by atoms with E-state index in [9.17, 15) is 14.4 Å². The molecular formula is C52H57N11O4. The second-order valence-electron chi connectivity index (χ2n) is 18.1. The number of methoxy groups -OCH3 is 1. The summed E-state index contributed by atoms with van der Waals surface area (Å²) in [5.41, 5.74) is 10.5. The van der Waals surface area contributed by atoms with E-state index >= 15 is 0 Å². The molecule has 3 fully saturated rings. The van der Waals surface area contributed by atoms with Crippen LogP contribution in [0.3, 0.4) is 0 Å². The number of para-hydroxylation sites is 1. The van der Waals surface area contributed by atoms with Crippen molar-refractivity contribution in [1.29, 1.82) is 0 Å². The maximum atomic E-state index is 13.2. The fraction of sp³-hybridized carbons (Fsp3) is 0.385. The van der Waals surface area contributed by atoms with E-state index in [1.807, 2.05) is 37.8 Å². The van der Waals surface area contributed by atoms with Gasteiger partial charge in [0.1, 0.15) is 11.8 Å². The predicted octanol–water partition coefficient (Wildman–Crippen LogP) is 6.14. The molecule has 1 atom stereocenters. The molecule has 15 heteroatoms. The fourth-order valence-electron chi connectivity index (χ4n) is 10.4. The van der Waals surface area contributed by atoms with Crippen LogP contribution in [0.1, 0.15) is 66.1 Å². The van der Waals surface area contributed by atoms with Crippen molar-refractivity contribution in [2.24, 2.45) is 14.1 Å². The maximum Gasteiger partial charge on any atom is 0.255 e. The average Bonchev–Trinajstić information content (AvgIpc) is 4.04. The van der Waals surface area contributed by atoms with Crippen molar-refractivity contribution in [2.75, 3.05) is 63.1 Å². The molecular weight excluding hydrogens is 843 g/mol. The fourth-order valence-corrected chi connectivity index (χ4v) is 10.4. The third kappa shape index (κ3) is 8.74. The van der Waals surface area contributed by atoms with Gasteiger partial charge in [-0.3, -0.25) is 34.2 Å². The molecule has 0 spiro atoms. The molecule has 4 aliphatic heterocycles. The van der Waals surface area contributed by atoms with E-state index in [1.54, 1.807) is 22.8 Å². The van der Waals surface area contributed by atoms with E-state index in [-0.39, 0.29) is 18.2 Å². The summed E-state index contributed by atoms with van der Waals surface area (Å²) in [5, 5.41) is 11.5. The molecule has 15 nitrogen and oxygen atoms in total. The van der Waals surface area contributed by atoms with Crippen LogP contribution >= 0.6 is 0 Å². The Morgan fingerprint density at radius 2 is 1.72 bits per heavy atom. The number of carbonyl (C=O) groups excluding carboxylic acids is 3. The van der Waals surface area contributed by atoms with Crippen LogP contribution in [0.25, 0.3) is 33.3 Å². The summed E-state index contributed by atoms with van der Waals surface area (Å²) in [7, 11) is 5.70. The van der Waals surface area contributed by atoms with Crippen LogP contribution < -0.4 is 20.3 Å². The number of piperazine rings is 1. The molecule has 2 N–H and O–H groups in total. The summed E-state index contributed by atoms with van der Waals surface area (Å²) < 4.78 is 9.98. The van der Waals surface area contributed by atoms with Crippen molar-refractivity contribution in [1.82, 2.24) is 44.3 Å². The first-order valence-electron chi connectivity index (χ1n) is 23.5. The smallest absolute Gasteiger partial charge is 0.255 e. The number of fused-ring (bicyclic) bond motifs is 2. The zero-order valence-corrected chi connectivity index (χ0v) is 38.7. The summed E-state index contributed by atoms with van der Waals surface area (Å²) in [6, 6.07) is 18.3. The largest absolute Gasteiger partial charge is 0.494 e. The summed E-state index contributed by atoms with van der Waals surface area (Å²) >= 11 is 0. The van der Waals surface area contributed by atoms with Crippen LogP contribution in [-0.4, -0.2) is 122 Å². The highest BCUT2D eigenvalue weighted by molar-refractivity contribution is 6.05. The lowest BCUT2D eigenvalue weighted by atomic mass is 9.99. The number of hydrogen-bond acceptors (Lipinski definition) is 11. The minimum atomic E-state index is -0.633. The molecule has 7 heterocycles. The van der Waals surface area contributed by atoms with E-state index in [1.165, 1.54) is 11.3 Å². The summed E-state index contributed by atoms with van der Waals surface area (Å²) in [5.74, 6) is 7.08. The van der Waals surface area contributed by atoms with E-state index in [0.29, 0.717) is 30.5 Å².